The smallest absolute Gasteiger partial charge is 0.358 e. The van der Waals surface area contributed by atoms with Crippen LogP contribution in [0, 0.1) is 6.92 Å². The van der Waals surface area contributed by atoms with Gasteiger partial charge in [-0.1, -0.05) is 60.7 Å². The van der Waals surface area contributed by atoms with Crippen LogP contribution in [0.4, 0.5) is 0 Å². The van der Waals surface area contributed by atoms with Crippen molar-refractivity contribution in [3.05, 3.63) is 89.0 Å². The third kappa shape index (κ3) is 3.23. The van der Waals surface area contributed by atoms with Crippen LogP contribution in [-0.4, -0.2) is 22.5 Å². The van der Waals surface area contributed by atoms with Crippen molar-refractivity contribution in [3.8, 4) is 0 Å². The molecule has 0 aliphatic rings. The van der Waals surface area contributed by atoms with E-state index in [0.29, 0.717) is 12.3 Å². The number of nitrogens with one attached hydrogen (secondary N) is 1. The summed E-state index contributed by atoms with van der Waals surface area (Å²) in [6, 6.07) is 20.3. The summed E-state index contributed by atoms with van der Waals surface area (Å²) in [5, 5.41) is 0. The number of imidazole rings is 1. The van der Waals surface area contributed by atoms with Gasteiger partial charge in [-0.2, -0.15) is 0 Å². The first-order chi connectivity index (χ1) is 11.7. The number of aromatic nitrogens is 2. The van der Waals surface area contributed by atoms with Crippen molar-refractivity contribution in [2.45, 2.75) is 19.8 Å². The van der Waals surface area contributed by atoms with Crippen LogP contribution in [0.2, 0.25) is 0 Å². The Hall–Kier alpha value is -2.88. The summed E-state index contributed by atoms with van der Waals surface area (Å²) < 4.78 is 5.09. The van der Waals surface area contributed by atoms with Gasteiger partial charge in [-0.25, -0.2) is 9.78 Å². The fourth-order valence-electron chi connectivity index (χ4n) is 2.82. The molecule has 1 aromatic heterocycles. The Labute approximate surface area is 141 Å². The lowest BCUT2D eigenvalue weighted by Crippen LogP contribution is -2.08. The molecule has 0 atom stereocenters. The predicted octanol–water partition coefficient (Wildman–Crippen LogP) is 4.08. The van der Waals surface area contributed by atoms with Gasteiger partial charge in [0.05, 0.1) is 12.5 Å². The number of carbonyl (C=O) groups is 1. The summed E-state index contributed by atoms with van der Waals surface area (Å²) in [4.78, 5) is 19.9. The Morgan fingerprint density at radius 2 is 1.58 bits per heavy atom. The van der Waals surface area contributed by atoms with E-state index in [1.54, 1.807) is 6.92 Å². The van der Waals surface area contributed by atoms with Crippen molar-refractivity contribution in [2.75, 3.05) is 6.61 Å². The average molecular weight is 320 g/mol. The van der Waals surface area contributed by atoms with Gasteiger partial charge in [-0.15, -0.1) is 0 Å². The molecule has 0 bridgehead atoms. The maximum absolute atomic E-state index is 12.1. The summed E-state index contributed by atoms with van der Waals surface area (Å²) in [5.74, 6) is 0.291. The molecule has 4 nitrogen and oxygen atoms in total. The Morgan fingerprint density at radius 1 is 1.04 bits per heavy atom. The first-order valence-electron chi connectivity index (χ1n) is 8.04. The molecule has 0 fully saturated rings. The highest BCUT2D eigenvalue weighted by molar-refractivity contribution is 5.88. The summed E-state index contributed by atoms with van der Waals surface area (Å²) >= 11 is 0. The summed E-state index contributed by atoms with van der Waals surface area (Å²) in [5.41, 5.74) is 3.31. The SMILES string of the molecule is CCOC(=O)c1nc(C(c2ccccc2)c2ccccc2)[nH]c1C. The fraction of sp³-hybridized carbons (Fsp3) is 0.200. The topological polar surface area (TPSA) is 55.0 Å². The normalized spacial score (nSPS) is 10.8. The van der Waals surface area contributed by atoms with Gasteiger partial charge in [0, 0.05) is 5.69 Å². The number of aromatic amines is 1. The molecule has 3 rings (SSSR count). The van der Waals surface area contributed by atoms with E-state index < -0.39 is 5.97 Å². The number of hydrogen-bond acceptors (Lipinski definition) is 3. The minimum Gasteiger partial charge on any atom is -0.461 e. The second-order valence-electron chi connectivity index (χ2n) is 5.57. The van der Waals surface area contributed by atoms with E-state index >= 15 is 0 Å². The van der Waals surface area contributed by atoms with Gasteiger partial charge in [0.1, 0.15) is 5.82 Å². The molecule has 0 unspecified atom stereocenters. The van der Waals surface area contributed by atoms with Gasteiger partial charge in [0.25, 0.3) is 0 Å². The summed E-state index contributed by atoms with van der Waals surface area (Å²) in [6.07, 6.45) is 0. The number of benzene rings is 2. The zero-order valence-electron chi connectivity index (χ0n) is 13.8. The minimum atomic E-state index is -0.391. The first-order valence-corrected chi connectivity index (χ1v) is 8.04. The number of H-pyrrole nitrogens is 1. The first kappa shape index (κ1) is 16.0. The summed E-state index contributed by atoms with van der Waals surface area (Å²) in [7, 11) is 0. The van der Waals surface area contributed by atoms with Crippen LogP contribution in [-0.2, 0) is 4.74 Å². The molecular formula is C20H20N2O2. The number of hydrogen-bond donors (Lipinski definition) is 1. The molecule has 4 heteroatoms. The quantitative estimate of drug-likeness (QED) is 0.721. The van der Waals surface area contributed by atoms with Crippen LogP contribution < -0.4 is 0 Å². The lowest BCUT2D eigenvalue weighted by Gasteiger charge is -2.15. The molecule has 0 aliphatic heterocycles. The number of aryl methyl sites for hydroxylation is 1. The largest absolute Gasteiger partial charge is 0.461 e. The summed E-state index contributed by atoms with van der Waals surface area (Å²) in [6.45, 7) is 3.97. The van der Waals surface area contributed by atoms with Crippen LogP contribution in [0.1, 0.15) is 46.0 Å². The Balaban J connectivity index is 2.07. The molecule has 0 aliphatic carbocycles. The van der Waals surface area contributed by atoms with Gasteiger partial charge < -0.3 is 9.72 Å². The van der Waals surface area contributed by atoms with E-state index in [9.17, 15) is 4.79 Å². The van der Waals surface area contributed by atoms with Gasteiger partial charge in [-0.05, 0) is 25.0 Å². The molecule has 0 radical (unpaired) electrons. The molecule has 0 saturated carbocycles. The Kier molecular flexibility index (Phi) is 4.75. The number of esters is 1. The van der Waals surface area contributed by atoms with E-state index in [2.05, 4.69) is 34.2 Å². The van der Waals surface area contributed by atoms with Crippen molar-refractivity contribution in [2.24, 2.45) is 0 Å². The second-order valence-corrected chi connectivity index (χ2v) is 5.57. The Morgan fingerprint density at radius 3 is 2.08 bits per heavy atom. The lowest BCUT2D eigenvalue weighted by molar-refractivity contribution is 0.0519. The second kappa shape index (κ2) is 7.13. The van der Waals surface area contributed by atoms with Crippen molar-refractivity contribution >= 4 is 5.97 Å². The molecular weight excluding hydrogens is 300 g/mol. The van der Waals surface area contributed by atoms with Crippen molar-refractivity contribution in [1.29, 1.82) is 0 Å². The highest BCUT2D eigenvalue weighted by Crippen LogP contribution is 2.30. The van der Waals surface area contributed by atoms with Crippen LogP contribution in [0.5, 0.6) is 0 Å². The highest BCUT2D eigenvalue weighted by Gasteiger charge is 2.23. The number of nitrogens with zero attached hydrogens (tertiary/aromatic N) is 1. The van der Waals surface area contributed by atoms with Crippen molar-refractivity contribution in [3.63, 3.8) is 0 Å². The number of carbonyl (C=O) groups excluding carboxylic acids is 1. The number of ether oxygens (including phenoxy) is 1. The highest BCUT2D eigenvalue weighted by atomic mass is 16.5. The molecule has 2 aromatic carbocycles. The van der Waals surface area contributed by atoms with E-state index in [4.69, 9.17) is 4.74 Å². The monoisotopic (exact) mass is 320 g/mol. The van der Waals surface area contributed by atoms with Crippen molar-refractivity contribution in [1.82, 2.24) is 9.97 Å². The van der Waals surface area contributed by atoms with Crippen LogP contribution in [0.15, 0.2) is 60.7 Å². The molecule has 24 heavy (non-hydrogen) atoms. The van der Waals surface area contributed by atoms with E-state index in [1.165, 1.54) is 0 Å². The van der Waals surface area contributed by atoms with Crippen LogP contribution in [0.25, 0.3) is 0 Å². The third-order valence-electron chi connectivity index (χ3n) is 3.91. The molecule has 0 amide bonds. The van der Waals surface area contributed by atoms with Crippen LogP contribution >= 0.6 is 0 Å². The third-order valence-corrected chi connectivity index (χ3v) is 3.91. The molecule has 1 N–H and O–H groups in total. The molecule has 122 valence electrons. The molecule has 0 spiro atoms. The van der Waals surface area contributed by atoms with E-state index in [1.807, 2.05) is 43.3 Å². The minimum absolute atomic E-state index is 0.0609. The lowest BCUT2D eigenvalue weighted by atomic mass is 9.91. The van der Waals surface area contributed by atoms with E-state index in [-0.39, 0.29) is 5.92 Å². The predicted molar refractivity (Wildman–Crippen MR) is 93.1 cm³/mol. The molecule has 3 aromatic rings. The van der Waals surface area contributed by atoms with Crippen LogP contribution in [0.3, 0.4) is 0 Å². The fourth-order valence-corrected chi connectivity index (χ4v) is 2.82. The zero-order valence-corrected chi connectivity index (χ0v) is 13.8. The standard InChI is InChI=1S/C20H20N2O2/c1-3-24-20(23)18-14(2)21-19(22-18)17(15-10-6-4-7-11-15)16-12-8-5-9-13-16/h4-13,17H,3H2,1-2H3,(H,21,22). The van der Waals surface area contributed by atoms with Gasteiger partial charge in [0.15, 0.2) is 5.69 Å². The molecule has 1 heterocycles. The van der Waals surface area contributed by atoms with Gasteiger partial charge in [0.2, 0.25) is 0 Å². The average Bonchev–Trinajstić information content (AvgIpc) is 2.99. The van der Waals surface area contributed by atoms with Gasteiger partial charge >= 0.3 is 5.97 Å². The van der Waals surface area contributed by atoms with E-state index in [0.717, 1.165) is 22.6 Å². The van der Waals surface area contributed by atoms with Crippen molar-refractivity contribution < 1.29 is 9.53 Å². The maximum atomic E-state index is 12.1. The zero-order chi connectivity index (χ0) is 16.9. The molecule has 0 saturated heterocycles. The number of rotatable bonds is 5. The van der Waals surface area contributed by atoms with Gasteiger partial charge in [-0.3, -0.25) is 0 Å². The Bertz CT molecular complexity index is 771. The maximum Gasteiger partial charge on any atom is 0.358 e.